The van der Waals surface area contributed by atoms with E-state index in [1.54, 1.807) is 0 Å². The van der Waals surface area contributed by atoms with E-state index in [1.165, 1.54) is 30.0 Å². The van der Waals surface area contributed by atoms with Gasteiger partial charge in [0, 0.05) is 29.7 Å². The summed E-state index contributed by atoms with van der Waals surface area (Å²) in [5.41, 5.74) is 6.30. The number of ether oxygens (including phenoxy) is 2. The molecule has 2 aromatic carbocycles. The molecule has 2 saturated heterocycles. The molecule has 0 spiro atoms. The van der Waals surface area contributed by atoms with Crippen molar-refractivity contribution >= 4 is 44.6 Å². The van der Waals surface area contributed by atoms with Crippen LogP contribution in [0, 0.1) is 0 Å². The average molecular weight is 623 g/mol. The van der Waals surface area contributed by atoms with Crippen molar-refractivity contribution in [3.05, 3.63) is 51.0 Å². The predicted octanol–water partition coefficient (Wildman–Crippen LogP) is 4.36. The first-order chi connectivity index (χ1) is 18.8. The molecule has 0 aliphatic carbocycles. The number of nitrogens with zero attached hydrogens (tertiary/aromatic N) is 2. The number of halogens is 5. The third kappa shape index (κ3) is 6.00. The molecule has 3 heterocycles. The van der Waals surface area contributed by atoms with Crippen LogP contribution >= 0.6 is 23.2 Å². The van der Waals surface area contributed by atoms with Crippen molar-refractivity contribution in [3.63, 3.8) is 0 Å². The zero-order chi connectivity index (χ0) is 29.0. The summed E-state index contributed by atoms with van der Waals surface area (Å²) in [5.74, 6) is -1.49. The van der Waals surface area contributed by atoms with Gasteiger partial charge in [-0.3, -0.25) is 9.69 Å². The number of sulfone groups is 1. The minimum absolute atomic E-state index is 0.00366. The molecule has 3 atom stereocenters. The summed E-state index contributed by atoms with van der Waals surface area (Å²) in [4.78, 5) is 16.9. The zero-order valence-corrected chi connectivity index (χ0v) is 23.6. The quantitative estimate of drug-likeness (QED) is 0.438. The molecule has 3 aliphatic heterocycles. The Morgan fingerprint density at radius 2 is 1.98 bits per heavy atom. The maximum Gasteiger partial charge on any atom is 0.573 e. The van der Waals surface area contributed by atoms with E-state index in [9.17, 15) is 26.4 Å². The number of hydrogen-bond donors (Lipinski definition) is 2. The maximum absolute atomic E-state index is 13.8. The highest BCUT2D eigenvalue weighted by molar-refractivity contribution is 7.91. The van der Waals surface area contributed by atoms with Crippen molar-refractivity contribution in [1.29, 1.82) is 0 Å². The first-order valence-electron chi connectivity index (χ1n) is 12.6. The number of benzene rings is 2. The highest BCUT2D eigenvalue weighted by atomic mass is 35.5. The van der Waals surface area contributed by atoms with Gasteiger partial charge in [0.15, 0.2) is 22.3 Å². The van der Waals surface area contributed by atoms with Gasteiger partial charge in [-0.25, -0.2) is 8.42 Å². The summed E-state index contributed by atoms with van der Waals surface area (Å²) in [7, 11) is -3.68. The molecule has 1 amide bonds. The summed E-state index contributed by atoms with van der Waals surface area (Å²) in [6.07, 6.45) is -4.98. The fourth-order valence-electron chi connectivity index (χ4n) is 5.13. The van der Waals surface area contributed by atoms with Gasteiger partial charge in [-0.1, -0.05) is 30.1 Å². The van der Waals surface area contributed by atoms with Gasteiger partial charge in [0.1, 0.15) is 5.75 Å². The fourth-order valence-corrected chi connectivity index (χ4v) is 6.75. The molecule has 40 heavy (non-hydrogen) atoms. The van der Waals surface area contributed by atoms with Crippen LogP contribution in [0.15, 0.2) is 29.2 Å². The van der Waals surface area contributed by atoms with Gasteiger partial charge in [-0.05, 0) is 49.2 Å². The van der Waals surface area contributed by atoms with Crippen LogP contribution in [-0.4, -0.2) is 67.8 Å². The van der Waals surface area contributed by atoms with Gasteiger partial charge in [-0.15, -0.1) is 13.2 Å². The largest absolute Gasteiger partial charge is 0.573 e. The number of fused-ring (bicyclic) bond motifs is 2. The van der Waals surface area contributed by atoms with E-state index in [4.69, 9.17) is 33.7 Å². The van der Waals surface area contributed by atoms with Gasteiger partial charge < -0.3 is 25.4 Å². The number of amides is 1. The van der Waals surface area contributed by atoms with E-state index >= 15 is 0 Å². The number of rotatable bonds is 7. The SMILES string of the molecule is CCS(=O)(=O)c1ccc(Cl)cc1CN1C(=O)c2cc(OC(F)(F)F)c(CN3CCC[C@H](N)C3)c(Cl)c2NC2OC21. The number of nitrogens with two attached hydrogens (primary N) is 1. The van der Waals surface area contributed by atoms with E-state index < -0.39 is 40.3 Å². The molecule has 0 saturated carbocycles. The minimum atomic E-state index is -5.04. The summed E-state index contributed by atoms with van der Waals surface area (Å²) in [6.45, 7) is 2.38. The molecule has 0 aromatic heterocycles. The minimum Gasteiger partial charge on any atom is -0.405 e. The first kappa shape index (κ1) is 29.2. The van der Waals surface area contributed by atoms with Crippen molar-refractivity contribution in [2.75, 3.05) is 24.2 Å². The number of alkyl halides is 3. The number of hydrogen-bond acceptors (Lipinski definition) is 8. The molecular formula is C25H27Cl2F3N4O5S. The molecule has 0 radical (unpaired) electrons. The van der Waals surface area contributed by atoms with E-state index in [-0.39, 0.29) is 62.2 Å². The van der Waals surface area contributed by atoms with Gasteiger partial charge in [0.2, 0.25) is 0 Å². The topological polar surface area (TPSA) is 118 Å². The molecular weight excluding hydrogens is 596 g/mol. The van der Waals surface area contributed by atoms with E-state index in [0.717, 1.165) is 18.9 Å². The molecule has 0 bridgehead atoms. The number of piperidine rings is 1. The normalized spacial score (nSPS) is 23.2. The third-order valence-electron chi connectivity index (χ3n) is 7.11. The summed E-state index contributed by atoms with van der Waals surface area (Å²) >= 11 is 12.8. The Kier molecular flexibility index (Phi) is 7.92. The average Bonchev–Trinajstić information content (AvgIpc) is 3.64. The lowest BCUT2D eigenvalue weighted by atomic mass is 10.0. The van der Waals surface area contributed by atoms with Crippen molar-refractivity contribution in [1.82, 2.24) is 9.80 Å². The number of anilines is 1. The summed E-state index contributed by atoms with van der Waals surface area (Å²) in [5, 5.41) is 3.17. The zero-order valence-electron chi connectivity index (χ0n) is 21.3. The van der Waals surface area contributed by atoms with Crippen molar-refractivity contribution in [2.45, 2.75) is 62.6 Å². The molecule has 9 nitrogen and oxygen atoms in total. The standard InChI is InChI=1S/C25H27Cl2F3N4O5S/c1-2-40(36,37)19-6-5-14(26)8-13(19)10-34-23(35)16-9-18(39-25(28,29)30)17(12-33-7-3-4-15(31)11-33)20(27)21(16)32-22-24(34)38-22/h5-6,8-9,15,22,24,32H,2-4,7,10-12,31H2,1H3/t15-,22?,24?/m0/s1. The lowest BCUT2D eigenvalue weighted by Gasteiger charge is -2.32. The highest BCUT2D eigenvalue weighted by Crippen LogP contribution is 2.45. The number of nitrogens with one attached hydrogen (secondary N) is 1. The van der Waals surface area contributed by atoms with Gasteiger partial charge in [0.25, 0.3) is 5.91 Å². The van der Waals surface area contributed by atoms with Gasteiger partial charge in [0.05, 0.1) is 33.5 Å². The Morgan fingerprint density at radius 1 is 1.23 bits per heavy atom. The second kappa shape index (κ2) is 10.8. The van der Waals surface area contributed by atoms with Crippen LogP contribution in [0.3, 0.4) is 0 Å². The summed E-state index contributed by atoms with van der Waals surface area (Å²) < 4.78 is 75.8. The fraction of sp³-hybridized carbons (Fsp3) is 0.480. The van der Waals surface area contributed by atoms with E-state index in [2.05, 4.69) is 10.1 Å². The maximum atomic E-state index is 13.8. The number of likely N-dealkylation sites (tertiary alicyclic amines) is 1. The molecule has 218 valence electrons. The molecule has 2 unspecified atom stereocenters. The van der Waals surface area contributed by atoms with Crippen LogP contribution in [0.1, 0.15) is 41.3 Å². The van der Waals surface area contributed by atoms with Gasteiger partial charge in [-0.2, -0.15) is 0 Å². The number of carbonyl (C=O) groups excluding carboxylic acids is 1. The van der Waals surface area contributed by atoms with Gasteiger partial charge >= 0.3 is 6.36 Å². The second-order valence-electron chi connectivity index (χ2n) is 9.96. The molecule has 2 aromatic rings. The van der Waals surface area contributed by atoms with Crippen LogP contribution in [0.5, 0.6) is 5.75 Å². The van der Waals surface area contributed by atoms with Crippen LogP contribution in [0.2, 0.25) is 10.0 Å². The molecule has 2 fully saturated rings. The predicted molar refractivity (Wildman–Crippen MR) is 142 cm³/mol. The first-order valence-corrected chi connectivity index (χ1v) is 15.0. The van der Waals surface area contributed by atoms with Crippen molar-refractivity contribution in [3.8, 4) is 5.75 Å². The molecule has 5 rings (SSSR count). The lowest BCUT2D eigenvalue weighted by Crippen LogP contribution is -2.42. The third-order valence-corrected chi connectivity index (χ3v) is 9.59. The smallest absolute Gasteiger partial charge is 0.405 e. The van der Waals surface area contributed by atoms with Crippen LogP contribution in [-0.2, 0) is 27.7 Å². The van der Waals surface area contributed by atoms with Crippen molar-refractivity contribution in [2.24, 2.45) is 5.73 Å². The Morgan fingerprint density at radius 3 is 2.65 bits per heavy atom. The molecule has 15 heteroatoms. The van der Waals surface area contributed by atoms with Crippen LogP contribution in [0.4, 0.5) is 18.9 Å². The van der Waals surface area contributed by atoms with Crippen LogP contribution < -0.4 is 15.8 Å². The number of carbonyl (C=O) groups is 1. The Labute approximate surface area is 239 Å². The molecule has 3 aliphatic rings. The van der Waals surface area contributed by atoms with Crippen LogP contribution in [0.25, 0.3) is 0 Å². The van der Waals surface area contributed by atoms with Crippen molar-refractivity contribution < 1.29 is 35.9 Å². The monoisotopic (exact) mass is 622 g/mol. The lowest BCUT2D eigenvalue weighted by molar-refractivity contribution is -0.275. The molecule has 3 N–H and O–H groups in total. The summed E-state index contributed by atoms with van der Waals surface area (Å²) in [6, 6.07) is 5.12. The number of epoxide rings is 1. The Balaban J connectivity index is 1.55. The highest BCUT2D eigenvalue weighted by Gasteiger charge is 2.50. The Hall–Kier alpha value is -2.29. The van der Waals surface area contributed by atoms with E-state index in [0.29, 0.717) is 13.1 Å². The Bertz CT molecular complexity index is 1440. The van der Waals surface area contributed by atoms with E-state index in [1.807, 2.05) is 4.90 Å². The second-order valence-corrected chi connectivity index (χ2v) is 13.0.